The molecule has 1 aliphatic rings. The summed E-state index contributed by atoms with van der Waals surface area (Å²) in [7, 11) is 0. The lowest BCUT2D eigenvalue weighted by molar-refractivity contribution is -0.128. The first-order valence-electron chi connectivity index (χ1n) is 14.4. The molecule has 2 aromatic heterocycles. The van der Waals surface area contributed by atoms with Crippen molar-refractivity contribution in [3.8, 4) is 0 Å². The normalized spacial score (nSPS) is 14.8. The van der Waals surface area contributed by atoms with E-state index in [1.54, 1.807) is 6.33 Å². The van der Waals surface area contributed by atoms with Gasteiger partial charge in [-0.25, -0.2) is 4.98 Å². The van der Waals surface area contributed by atoms with Crippen molar-refractivity contribution in [2.24, 2.45) is 0 Å². The molecule has 41 heavy (non-hydrogen) atoms. The minimum Gasteiger partial charge on any atom is -0.356 e. The zero-order valence-corrected chi connectivity index (χ0v) is 24.3. The van der Waals surface area contributed by atoms with Gasteiger partial charge in [0.2, 0.25) is 11.8 Å². The van der Waals surface area contributed by atoms with E-state index in [4.69, 9.17) is 4.98 Å². The Morgan fingerprint density at radius 3 is 2.37 bits per heavy atom. The predicted octanol–water partition coefficient (Wildman–Crippen LogP) is 3.98. The van der Waals surface area contributed by atoms with Crippen LogP contribution in [0, 0.1) is 6.92 Å². The van der Waals surface area contributed by atoms with E-state index in [0.717, 1.165) is 55.0 Å². The minimum absolute atomic E-state index is 0.0186. The Kier molecular flexibility index (Phi) is 8.61. The van der Waals surface area contributed by atoms with Crippen LogP contribution < -0.4 is 15.5 Å². The first kappa shape index (κ1) is 28.3. The summed E-state index contributed by atoms with van der Waals surface area (Å²) in [6, 6.07) is 18.1. The van der Waals surface area contributed by atoms with Gasteiger partial charge in [-0.1, -0.05) is 68.4 Å². The number of aryl methyl sites for hydroxylation is 1. The van der Waals surface area contributed by atoms with Gasteiger partial charge in [0.15, 0.2) is 0 Å². The predicted molar refractivity (Wildman–Crippen MR) is 160 cm³/mol. The van der Waals surface area contributed by atoms with Gasteiger partial charge in [0.1, 0.15) is 18.2 Å². The largest absolute Gasteiger partial charge is 0.356 e. The van der Waals surface area contributed by atoms with Crippen LogP contribution in [0.3, 0.4) is 0 Å². The average Bonchev–Trinajstić information content (AvgIpc) is 3.42. The highest BCUT2D eigenvalue weighted by atomic mass is 16.2. The second-order valence-electron chi connectivity index (χ2n) is 11.3. The number of fused-ring (bicyclic) bond motifs is 1. The fourth-order valence-corrected chi connectivity index (χ4v) is 5.57. The summed E-state index contributed by atoms with van der Waals surface area (Å²) < 4.78 is 1.83. The van der Waals surface area contributed by atoms with E-state index in [9.17, 15) is 9.59 Å². The van der Waals surface area contributed by atoms with Crippen LogP contribution in [0.4, 0.5) is 5.82 Å². The molecule has 2 aromatic carbocycles. The molecule has 0 radical (unpaired) electrons. The van der Waals surface area contributed by atoms with E-state index in [-0.39, 0.29) is 17.9 Å². The van der Waals surface area contributed by atoms with Gasteiger partial charge in [-0.2, -0.15) is 14.6 Å². The number of carbonyl (C=O) groups is 2. The number of nitrogens with zero attached hydrogens (tertiary/aromatic N) is 5. The molecule has 0 bridgehead atoms. The molecule has 214 valence electrons. The Morgan fingerprint density at radius 1 is 1.00 bits per heavy atom. The standard InChI is InChI=1S/C32H39N7O2/c1-21(2)26-12-10-25(11-13-26)19-29(36-23(4)40)30(41)37-27-14-16-38(17-15-27)31-28(18-24-8-6-5-7-9-24)22(3)35-32-33-20-34-39(31)32/h5-13,20-21,27,29H,14-19H2,1-4H3,(H,36,40)(H,37,41). The molecule has 0 saturated carbocycles. The SMILES string of the molecule is CC(=O)NC(Cc1ccc(C(C)C)cc1)C(=O)NC1CCN(c2c(Cc3ccccc3)c(C)nc3ncnn23)CC1. The number of aromatic nitrogens is 4. The molecule has 2 N–H and O–H groups in total. The smallest absolute Gasteiger partial charge is 0.254 e. The summed E-state index contributed by atoms with van der Waals surface area (Å²) in [5.74, 6) is 1.68. The number of carbonyl (C=O) groups excluding carboxylic acids is 2. The molecule has 4 aromatic rings. The molecule has 1 unspecified atom stereocenters. The Labute approximate surface area is 241 Å². The zero-order chi connectivity index (χ0) is 28.9. The number of rotatable bonds is 9. The quantitative estimate of drug-likeness (QED) is 0.325. The van der Waals surface area contributed by atoms with E-state index in [1.165, 1.54) is 18.1 Å². The van der Waals surface area contributed by atoms with Gasteiger partial charge in [-0.3, -0.25) is 9.59 Å². The molecule has 1 atom stereocenters. The third kappa shape index (κ3) is 6.73. The lowest BCUT2D eigenvalue weighted by Crippen LogP contribution is -2.52. The number of anilines is 1. The highest BCUT2D eigenvalue weighted by molar-refractivity contribution is 5.87. The molecular formula is C32H39N7O2. The van der Waals surface area contributed by atoms with E-state index in [1.807, 2.05) is 29.6 Å². The number of nitrogens with one attached hydrogen (secondary N) is 2. The molecule has 0 aliphatic carbocycles. The van der Waals surface area contributed by atoms with Gasteiger partial charge in [-0.15, -0.1) is 0 Å². The Bertz CT molecular complexity index is 1490. The maximum atomic E-state index is 13.3. The Hall–Kier alpha value is -4.27. The van der Waals surface area contributed by atoms with Gasteiger partial charge < -0.3 is 15.5 Å². The molecular weight excluding hydrogens is 514 g/mol. The summed E-state index contributed by atoms with van der Waals surface area (Å²) in [6.07, 6.45) is 4.31. The Morgan fingerprint density at radius 2 is 1.71 bits per heavy atom. The fraction of sp³-hybridized carbons (Fsp3) is 0.406. The molecule has 3 heterocycles. The fourth-order valence-electron chi connectivity index (χ4n) is 5.57. The molecule has 1 fully saturated rings. The molecule has 9 heteroatoms. The lowest BCUT2D eigenvalue weighted by atomic mass is 9.98. The van der Waals surface area contributed by atoms with Crippen LogP contribution in [0.2, 0.25) is 0 Å². The van der Waals surface area contributed by atoms with Crippen LogP contribution in [0.25, 0.3) is 5.78 Å². The van der Waals surface area contributed by atoms with Crippen molar-refractivity contribution in [3.63, 3.8) is 0 Å². The third-order valence-corrected chi connectivity index (χ3v) is 7.85. The van der Waals surface area contributed by atoms with Gasteiger partial charge >= 0.3 is 0 Å². The van der Waals surface area contributed by atoms with E-state index in [2.05, 4.69) is 75.9 Å². The van der Waals surface area contributed by atoms with Crippen molar-refractivity contribution in [2.75, 3.05) is 18.0 Å². The third-order valence-electron chi connectivity index (χ3n) is 7.85. The number of hydrogen-bond acceptors (Lipinski definition) is 6. The van der Waals surface area contributed by atoms with Crippen LogP contribution in [0.5, 0.6) is 0 Å². The molecule has 9 nitrogen and oxygen atoms in total. The zero-order valence-electron chi connectivity index (χ0n) is 24.3. The van der Waals surface area contributed by atoms with Crippen molar-refractivity contribution >= 4 is 23.4 Å². The maximum absolute atomic E-state index is 13.3. The summed E-state index contributed by atoms with van der Waals surface area (Å²) in [5, 5.41) is 10.6. The highest BCUT2D eigenvalue weighted by Gasteiger charge is 2.28. The van der Waals surface area contributed by atoms with Crippen LogP contribution in [-0.2, 0) is 22.4 Å². The second kappa shape index (κ2) is 12.5. The molecule has 0 spiro atoms. The topological polar surface area (TPSA) is 105 Å². The highest BCUT2D eigenvalue weighted by Crippen LogP contribution is 2.28. The molecule has 1 aliphatic heterocycles. The number of piperidine rings is 1. The van der Waals surface area contributed by atoms with Gasteiger partial charge in [0.25, 0.3) is 5.78 Å². The van der Waals surface area contributed by atoms with E-state index >= 15 is 0 Å². The van der Waals surface area contributed by atoms with E-state index in [0.29, 0.717) is 18.1 Å². The summed E-state index contributed by atoms with van der Waals surface area (Å²) in [5.41, 5.74) is 5.56. The summed E-state index contributed by atoms with van der Waals surface area (Å²) >= 11 is 0. The first-order valence-corrected chi connectivity index (χ1v) is 14.4. The monoisotopic (exact) mass is 553 g/mol. The molecule has 2 amide bonds. The minimum atomic E-state index is -0.620. The van der Waals surface area contributed by atoms with Crippen LogP contribution in [0.1, 0.15) is 67.5 Å². The van der Waals surface area contributed by atoms with Crippen molar-refractivity contribution < 1.29 is 9.59 Å². The van der Waals surface area contributed by atoms with Gasteiger partial charge in [-0.05, 0) is 42.4 Å². The number of amides is 2. The van der Waals surface area contributed by atoms with Crippen LogP contribution >= 0.6 is 0 Å². The second-order valence-corrected chi connectivity index (χ2v) is 11.3. The average molecular weight is 554 g/mol. The van der Waals surface area contributed by atoms with Gasteiger partial charge in [0, 0.05) is 50.2 Å². The first-order chi connectivity index (χ1) is 19.8. The summed E-state index contributed by atoms with van der Waals surface area (Å²) in [6.45, 7) is 9.31. The van der Waals surface area contributed by atoms with E-state index < -0.39 is 6.04 Å². The maximum Gasteiger partial charge on any atom is 0.254 e. The van der Waals surface area contributed by atoms with Crippen LogP contribution in [0.15, 0.2) is 60.9 Å². The molecule has 1 saturated heterocycles. The van der Waals surface area contributed by atoms with Crippen molar-refractivity contribution in [1.82, 2.24) is 30.2 Å². The number of benzene rings is 2. The lowest BCUT2D eigenvalue weighted by Gasteiger charge is -2.35. The van der Waals surface area contributed by atoms with Gasteiger partial charge in [0.05, 0.1) is 0 Å². The summed E-state index contributed by atoms with van der Waals surface area (Å²) in [4.78, 5) is 36.7. The Balaban J connectivity index is 1.28. The number of hydrogen-bond donors (Lipinski definition) is 2. The van der Waals surface area contributed by atoms with Crippen molar-refractivity contribution in [2.45, 2.75) is 71.4 Å². The molecule has 5 rings (SSSR count). The van der Waals surface area contributed by atoms with Crippen molar-refractivity contribution in [3.05, 3.63) is 88.9 Å². The van der Waals surface area contributed by atoms with Crippen LogP contribution in [-0.4, -0.2) is 56.6 Å². The van der Waals surface area contributed by atoms with Crippen molar-refractivity contribution in [1.29, 1.82) is 0 Å².